The van der Waals surface area contributed by atoms with Gasteiger partial charge in [-0.25, -0.2) is 0 Å². The molecule has 0 saturated heterocycles. The van der Waals surface area contributed by atoms with E-state index in [1.54, 1.807) is 18.2 Å². The average molecular weight is 376 g/mol. The van der Waals surface area contributed by atoms with Crippen LogP contribution in [0.25, 0.3) is 0 Å². The zero-order chi connectivity index (χ0) is 16.7. The van der Waals surface area contributed by atoms with Crippen LogP contribution in [0.4, 0.5) is 11.4 Å². The molecule has 0 radical (unpaired) electrons. The molecule has 0 aliphatic carbocycles. The Hall–Kier alpha value is -2.34. The fraction of sp³-hybridized carbons (Fsp3) is 0.176. The molecule has 0 aliphatic rings. The van der Waals surface area contributed by atoms with E-state index in [1.807, 2.05) is 37.3 Å². The highest BCUT2D eigenvalue weighted by Crippen LogP contribution is 2.15. The number of carbonyl (C=O) groups excluding carboxylic acids is 2. The predicted octanol–water partition coefficient (Wildman–Crippen LogP) is 3.25. The topological polar surface area (TPSA) is 70.2 Å². The summed E-state index contributed by atoms with van der Waals surface area (Å²) in [6, 6.07) is 14.4. The van der Waals surface area contributed by atoms with Crippen LogP contribution in [0.1, 0.15) is 17.3 Å². The summed E-state index contributed by atoms with van der Waals surface area (Å²) in [5.74, 6) is -0.291. The van der Waals surface area contributed by atoms with E-state index in [0.29, 0.717) is 12.1 Å². The van der Waals surface area contributed by atoms with Gasteiger partial charge in [-0.3, -0.25) is 9.59 Å². The van der Waals surface area contributed by atoms with Gasteiger partial charge in [-0.15, -0.1) is 0 Å². The van der Waals surface area contributed by atoms with Crippen molar-refractivity contribution in [3.8, 4) is 0 Å². The van der Waals surface area contributed by atoms with Crippen molar-refractivity contribution in [2.45, 2.75) is 6.92 Å². The summed E-state index contributed by atoms with van der Waals surface area (Å²) >= 11 is 3.36. The molecule has 2 amide bonds. The van der Waals surface area contributed by atoms with Gasteiger partial charge in [-0.1, -0.05) is 28.1 Å². The highest BCUT2D eigenvalue weighted by Gasteiger charge is 2.06. The highest BCUT2D eigenvalue weighted by atomic mass is 79.9. The lowest BCUT2D eigenvalue weighted by Crippen LogP contribution is -2.23. The van der Waals surface area contributed by atoms with Gasteiger partial charge in [0.1, 0.15) is 0 Å². The lowest BCUT2D eigenvalue weighted by molar-refractivity contribution is -0.114. The van der Waals surface area contributed by atoms with Crippen molar-refractivity contribution < 1.29 is 9.59 Å². The second kappa shape index (κ2) is 8.33. The summed E-state index contributed by atoms with van der Waals surface area (Å²) in [6.07, 6.45) is 0. The molecule has 2 aromatic rings. The Kier molecular flexibility index (Phi) is 6.17. The van der Waals surface area contributed by atoms with Crippen molar-refractivity contribution in [1.82, 2.24) is 5.32 Å². The van der Waals surface area contributed by atoms with Crippen molar-refractivity contribution >= 4 is 39.1 Å². The fourth-order valence-corrected chi connectivity index (χ4v) is 2.39. The summed E-state index contributed by atoms with van der Waals surface area (Å²) in [6.45, 7) is 2.56. The first-order chi connectivity index (χ1) is 11.1. The van der Waals surface area contributed by atoms with Crippen molar-refractivity contribution in [2.24, 2.45) is 0 Å². The molecule has 0 aromatic heterocycles. The van der Waals surface area contributed by atoms with Crippen LogP contribution in [-0.2, 0) is 4.79 Å². The number of anilines is 2. The third-order valence-electron chi connectivity index (χ3n) is 3.02. The number of amides is 2. The molecule has 0 atom stereocenters. The molecule has 23 heavy (non-hydrogen) atoms. The minimum absolute atomic E-state index is 0.116. The first-order valence-electron chi connectivity index (χ1n) is 7.26. The van der Waals surface area contributed by atoms with Gasteiger partial charge in [0.15, 0.2) is 0 Å². The molecule has 0 aliphatic heterocycles. The molecule has 0 fully saturated rings. The Morgan fingerprint density at radius 2 is 1.78 bits per heavy atom. The molecule has 120 valence electrons. The highest BCUT2D eigenvalue weighted by molar-refractivity contribution is 9.10. The zero-order valence-electron chi connectivity index (χ0n) is 12.7. The molecule has 0 bridgehead atoms. The van der Waals surface area contributed by atoms with E-state index in [0.717, 1.165) is 15.8 Å². The summed E-state index contributed by atoms with van der Waals surface area (Å²) in [7, 11) is 0. The predicted molar refractivity (Wildman–Crippen MR) is 95.7 cm³/mol. The van der Waals surface area contributed by atoms with Gasteiger partial charge in [-0.05, 0) is 43.3 Å². The quantitative estimate of drug-likeness (QED) is 0.725. The molecule has 0 unspecified atom stereocenters. The van der Waals surface area contributed by atoms with Crippen LogP contribution in [0.2, 0.25) is 0 Å². The van der Waals surface area contributed by atoms with Gasteiger partial charge in [-0.2, -0.15) is 0 Å². The summed E-state index contributed by atoms with van der Waals surface area (Å²) in [5, 5.41) is 8.55. The molecule has 6 heteroatoms. The second-order valence-electron chi connectivity index (χ2n) is 4.85. The minimum atomic E-state index is -0.161. The normalized spacial score (nSPS) is 10.0. The maximum Gasteiger partial charge on any atom is 0.251 e. The van der Waals surface area contributed by atoms with Crippen LogP contribution in [0.3, 0.4) is 0 Å². The lowest BCUT2D eigenvalue weighted by atomic mass is 10.2. The van der Waals surface area contributed by atoms with Crippen molar-refractivity contribution in [2.75, 3.05) is 23.7 Å². The SMILES string of the molecule is CCNC(=O)c1cccc(NCC(=O)Nc2cccc(Br)c2)c1. The molecule has 0 spiro atoms. The Morgan fingerprint density at radius 3 is 2.52 bits per heavy atom. The Morgan fingerprint density at radius 1 is 1.04 bits per heavy atom. The maximum atomic E-state index is 12.0. The molecule has 0 heterocycles. The van der Waals surface area contributed by atoms with E-state index >= 15 is 0 Å². The lowest BCUT2D eigenvalue weighted by Gasteiger charge is -2.09. The van der Waals surface area contributed by atoms with Crippen LogP contribution in [0.15, 0.2) is 53.0 Å². The largest absolute Gasteiger partial charge is 0.376 e. The van der Waals surface area contributed by atoms with Crippen LogP contribution < -0.4 is 16.0 Å². The van der Waals surface area contributed by atoms with Crippen LogP contribution in [0.5, 0.6) is 0 Å². The molecule has 0 saturated carbocycles. The molecule has 2 rings (SSSR count). The van der Waals surface area contributed by atoms with Crippen LogP contribution >= 0.6 is 15.9 Å². The number of rotatable bonds is 6. The molecule has 3 N–H and O–H groups in total. The molecular weight excluding hydrogens is 358 g/mol. The summed E-state index contributed by atoms with van der Waals surface area (Å²) < 4.78 is 0.901. The zero-order valence-corrected chi connectivity index (χ0v) is 14.3. The molecular formula is C17H18BrN3O2. The fourth-order valence-electron chi connectivity index (χ4n) is 1.99. The van der Waals surface area contributed by atoms with E-state index in [9.17, 15) is 9.59 Å². The van der Waals surface area contributed by atoms with Gasteiger partial charge < -0.3 is 16.0 Å². The average Bonchev–Trinajstić information content (AvgIpc) is 2.53. The number of benzene rings is 2. The third kappa shape index (κ3) is 5.41. The number of hydrogen-bond acceptors (Lipinski definition) is 3. The van der Waals surface area contributed by atoms with E-state index < -0.39 is 0 Å². The first-order valence-corrected chi connectivity index (χ1v) is 8.05. The third-order valence-corrected chi connectivity index (χ3v) is 3.52. The Labute approximate surface area is 143 Å². The maximum absolute atomic E-state index is 12.0. The van der Waals surface area contributed by atoms with Gasteiger partial charge in [0.25, 0.3) is 5.91 Å². The molecule has 2 aromatic carbocycles. The second-order valence-corrected chi connectivity index (χ2v) is 5.77. The van der Waals surface area contributed by atoms with Gasteiger partial charge in [0.05, 0.1) is 6.54 Å². The summed E-state index contributed by atoms with van der Waals surface area (Å²) in [4.78, 5) is 23.7. The van der Waals surface area contributed by atoms with Gasteiger partial charge in [0.2, 0.25) is 5.91 Å². The van der Waals surface area contributed by atoms with Crippen molar-refractivity contribution in [3.05, 3.63) is 58.6 Å². The minimum Gasteiger partial charge on any atom is -0.376 e. The number of hydrogen-bond donors (Lipinski definition) is 3. The summed E-state index contributed by atoms with van der Waals surface area (Å²) in [5.41, 5.74) is 2.00. The number of halogens is 1. The van der Waals surface area contributed by atoms with Gasteiger partial charge >= 0.3 is 0 Å². The number of carbonyl (C=O) groups is 2. The van der Waals surface area contributed by atoms with Crippen molar-refractivity contribution in [3.63, 3.8) is 0 Å². The van der Waals surface area contributed by atoms with Crippen molar-refractivity contribution in [1.29, 1.82) is 0 Å². The van der Waals surface area contributed by atoms with E-state index in [-0.39, 0.29) is 18.4 Å². The smallest absolute Gasteiger partial charge is 0.251 e. The van der Waals surface area contributed by atoms with E-state index in [4.69, 9.17) is 0 Å². The standard InChI is InChI=1S/C17H18BrN3O2/c1-2-19-17(23)12-5-3-7-14(9-12)20-11-16(22)21-15-8-4-6-13(18)10-15/h3-10,20H,2,11H2,1H3,(H,19,23)(H,21,22). The number of nitrogens with one attached hydrogen (secondary N) is 3. The Balaban J connectivity index is 1.91. The molecule has 5 nitrogen and oxygen atoms in total. The van der Waals surface area contributed by atoms with E-state index in [2.05, 4.69) is 31.9 Å². The van der Waals surface area contributed by atoms with Gasteiger partial charge in [0, 0.05) is 28.0 Å². The Bertz CT molecular complexity index is 704. The monoisotopic (exact) mass is 375 g/mol. The van der Waals surface area contributed by atoms with Crippen LogP contribution in [0, 0.1) is 0 Å². The van der Waals surface area contributed by atoms with E-state index in [1.165, 1.54) is 0 Å². The first kappa shape index (κ1) is 17.0. The van der Waals surface area contributed by atoms with Crippen LogP contribution in [-0.4, -0.2) is 24.9 Å².